The minimum absolute atomic E-state index is 0.0165. The van der Waals surface area contributed by atoms with Crippen LogP contribution in [0.3, 0.4) is 0 Å². The van der Waals surface area contributed by atoms with Gasteiger partial charge in [0, 0.05) is 19.6 Å². The summed E-state index contributed by atoms with van der Waals surface area (Å²) in [5, 5.41) is 8.97. The fraction of sp³-hybridized carbons (Fsp3) is 0.950. The molecule has 2 N–H and O–H groups in total. The highest BCUT2D eigenvalue weighted by atomic mass is 31.2. The number of carboxylic acids is 1. The van der Waals surface area contributed by atoms with Crippen LogP contribution in [0.25, 0.3) is 0 Å². The van der Waals surface area contributed by atoms with E-state index in [-0.39, 0.29) is 19.4 Å². The first kappa shape index (κ1) is 30.5. The van der Waals surface area contributed by atoms with Gasteiger partial charge in [-0.15, -0.1) is 0 Å². The summed E-state index contributed by atoms with van der Waals surface area (Å²) in [6.45, 7) is 1.47. The Morgan fingerprint density at radius 3 is 1.97 bits per heavy atom. The number of unbranched alkanes of at least 4 members (excludes halogenated alkanes) is 6. The third kappa shape index (κ3) is 24.0. The van der Waals surface area contributed by atoms with Gasteiger partial charge >= 0.3 is 20.7 Å². The minimum Gasteiger partial charge on any atom is -0.481 e. The van der Waals surface area contributed by atoms with Gasteiger partial charge in [-0.3, -0.25) is 4.79 Å². The summed E-state index contributed by atoms with van der Waals surface area (Å²) in [7, 11) is 3.66. The molecule has 11 heteroatoms. The first-order valence-electron chi connectivity index (χ1n) is 10.8. The molecule has 0 amide bonds. The van der Waals surface area contributed by atoms with Crippen molar-refractivity contribution in [1.82, 2.24) is 0 Å². The highest BCUT2D eigenvalue weighted by Crippen LogP contribution is 2.36. The number of rotatable bonds is 20. The maximum atomic E-state index is 12.0. The minimum atomic E-state index is -4.10. The summed E-state index contributed by atoms with van der Waals surface area (Å²) in [4.78, 5) is 20.8. The maximum absolute atomic E-state index is 12.0. The Bertz CT molecular complexity index is 463. The Labute approximate surface area is 185 Å². The van der Waals surface area contributed by atoms with Crippen molar-refractivity contribution in [2.45, 2.75) is 76.5 Å². The maximum Gasteiger partial charge on any atom is 0.389 e. The summed E-state index contributed by atoms with van der Waals surface area (Å²) in [5.74, 6) is -0.977. The Hall–Kier alpha value is -0.510. The van der Waals surface area contributed by atoms with E-state index in [1.807, 2.05) is 21.1 Å². The third-order valence-corrected chi connectivity index (χ3v) is 5.16. The van der Waals surface area contributed by atoms with E-state index in [1.165, 1.54) is 0 Å². The Morgan fingerprint density at radius 2 is 1.45 bits per heavy atom. The molecule has 31 heavy (non-hydrogen) atoms. The van der Waals surface area contributed by atoms with Crippen LogP contribution in [0.4, 0.5) is 13.2 Å². The SMILES string of the molecule is C[N+](C)(C)CC(CC(=O)O)O[P@@](O)OCCCCCCCCCOCCCC(F)(F)F. The molecule has 0 aromatic rings. The molecule has 1 unspecified atom stereocenters. The summed E-state index contributed by atoms with van der Waals surface area (Å²) in [6, 6.07) is 0. The third-order valence-electron chi connectivity index (χ3n) is 4.28. The molecular weight excluding hydrogens is 438 g/mol. The summed E-state index contributed by atoms with van der Waals surface area (Å²) in [6.07, 6.45) is 1.04. The van der Waals surface area contributed by atoms with Gasteiger partial charge in [0.15, 0.2) is 0 Å². The number of halogens is 3. The van der Waals surface area contributed by atoms with E-state index in [0.717, 1.165) is 44.9 Å². The molecule has 0 aromatic carbocycles. The lowest BCUT2D eigenvalue weighted by atomic mass is 10.1. The molecule has 186 valence electrons. The number of carboxylic acid groups (broad SMARTS) is 1. The van der Waals surface area contributed by atoms with Crippen LogP contribution in [0, 0.1) is 0 Å². The zero-order valence-electron chi connectivity index (χ0n) is 19.0. The largest absolute Gasteiger partial charge is 0.481 e. The lowest BCUT2D eigenvalue weighted by Crippen LogP contribution is -2.42. The van der Waals surface area contributed by atoms with Gasteiger partial charge in [-0.2, -0.15) is 13.2 Å². The number of nitrogens with zero attached hydrogens (tertiary/aromatic N) is 1. The van der Waals surface area contributed by atoms with E-state index in [9.17, 15) is 22.9 Å². The molecule has 0 bridgehead atoms. The molecule has 0 rings (SSSR count). The lowest BCUT2D eigenvalue weighted by molar-refractivity contribution is -0.873. The second-order valence-electron chi connectivity index (χ2n) is 8.68. The van der Waals surface area contributed by atoms with Gasteiger partial charge in [0.25, 0.3) is 0 Å². The van der Waals surface area contributed by atoms with Crippen molar-refractivity contribution in [3.63, 3.8) is 0 Å². The van der Waals surface area contributed by atoms with Crippen LogP contribution in [0.15, 0.2) is 0 Å². The predicted molar refractivity (Wildman–Crippen MR) is 114 cm³/mol. The molecular formula is C20H40F3NO6P+. The fourth-order valence-electron chi connectivity index (χ4n) is 2.91. The average molecular weight is 479 g/mol. The van der Waals surface area contributed by atoms with Crippen molar-refractivity contribution in [3.8, 4) is 0 Å². The first-order chi connectivity index (χ1) is 14.4. The van der Waals surface area contributed by atoms with Crippen molar-refractivity contribution in [2.75, 3.05) is 47.5 Å². The molecule has 0 aliphatic rings. The van der Waals surface area contributed by atoms with Crippen molar-refractivity contribution >= 4 is 14.6 Å². The lowest BCUT2D eigenvalue weighted by Gasteiger charge is -2.29. The summed E-state index contributed by atoms with van der Waals surface area (Å²) < 4.78 is 52.3. The number of carbonyl (C=O) groups is 1. The number of quaternary nitrogens is 1. The van der Waals surface area contributed by atoms with Crippen LogP contribution in [0.5, 0.6) is 0 Å². The standard InChI is InChI=1S/C20H39F3NO6P/c1-24(2,3)17-18(16-19(25)26)30-31(27)29-15-10-8-6-4-5-7-9-13-28-14-11-12-20(21,22)23/h18,27H,4-17H2,1-3H3/p+1/t18?,31-/m0/s1. The van der Waals surface area contributed by atoms with E-state index < -0.39 is 33.3 Å². The number of likely N-dealkylation sites (N-methyl/N-ethyl adjacent to an activating group) is 1. The molecule has 0 radical (unpaired) electrons. The second-order valence-corrected chi connectivity index (χ2v) is 9.62. The van der Waals surface area contributed by atoms with Crippen molar-refractivity contribution in [2.24, 2.45) is 0 Å². The van der Waals surface area contributed by atoms with E-state index >= 15 is 0 Å². The number of ether oxygens (including phenoxy) is 1. The first-order valence-corrected chi connectivity index (χ1v) is 12.0. The fourth-order valence-corrected chi connectivity index (χ4v) is 3.65. The van der Waals surface area contributed by atoms with Gasteiger partial charge in [-0.25, -0.2) is 0 Å². The highest BCUT2D eigenvalue weighted by Gasteiger charge is 2.26. The number of hydrogen-bond donors (Lipinski definition) is 2. The van der Waals surface area contributed by atoms with Crippen LogP contribution >= 0.6 is 8.60 Å². The van der Waals surface area contributed by atoms with Crippen LogP contribution in [-0.4, -0.2) is 80.2 Å². The van der Waals surface area contributed by atoms with Gasteiger partial charge in [0.1, 0.15) is 12.6 Å². The van der Waals surface area contributed by atoms with Crippen LogP contribution in [0.2, 0.25) is 0 Å². The Balaban J connectivity index is 3.57. The molecule has 0 saturated heterocycles. The van der Waals surface area contributed by atoms with Crippen LogP contribution < -0.4 is 0 Å². The van der Waals surface area contributed by atoms with Crippen molar-refractivity contribution in [1.29, 1.82) is 0 Å². The van der Waals surface area contributed by atoms with Gasteiger partial charge in [-0.05, 0) is 19.3 Å². The molecule has 0 aromatic heterocycles. The quantitative estimate of drug-likeness (QED) is 0.147. The van der Waals surface area contributed by atoms with Crippen LogP contribution in [0.1, 0.15) is 64.2 Å². The van der Waals surface area contributed by atoms with E-state index in [2.05, 4.69) is 0 Å². The molecule has 0 aliphatic carbocycles. The van der Waals surface area contributed by atoms with E-state index in [4.69, 9.17) is 18.9 Å². The molecule has 0 heterocycles. The monoisotopic (exact) mass is 478 g/mol. The van der Waals surface area contributed by atoms with Crippen LogP contribution in [-0.2, 0) is 18.6 Å². The zero-order valence-corrected chi connectivity index (χ0v) is 19.9. The Kier molecular flexibility index (Phi) is 16.8. The van der Waals surface area contributed by atoms with Gasteiger partial charge < -0.3 is 28.3 Å². The van der Waals surface area contributed by atoms with Crippen molar-refractivity contribution < 1.29 is 46.2 Å². The molecule has 7 nitrogen and oxygen atoms in total. The van der Waals surface area contributed by atoms with Gasteiger partial charge in [0.05, 0.1) is 34.2 Å². The summed E-state index contributed by atoms with van der Waals surface area (Å²) in [5.41, 5.74) is 0. The summed E-state index contributed by atoms with van der Waals surface area (Å²) >= 11 is 0. The number of hydrogen-bond acceptors (Lipinski definition) is 5. The topological polar surface area (TPSA) is 85.2 Å². The molecule has 0 aliphatic heterocycles. The molecule has 0 fully saturated rings. The number of aliphatic carboxylic acids is 1. The van der Waals surface area contributed by atoms with E-state index in [1.54, 1.807) is 0 Å². The normalized spacial score (nSPS) is 14.5. The molecule has 0 saturated carbocycles. The Morgan fingerprint density at radius 1 is 0.935 bits per heavy atom. The molecule has 0 spiro atoms. The van der Waals surface area contributed by atoms with Gasteiger partial charge in [-0.1, -0.05) is 32.1 Å². The average Bonchev–Trinajstić information content (AvgIpc) is 2.59. The molecule has 2 atom stereocenters. The van der Waals surface area contributed by atoms with Gasteiger partial charge in [0.2, 0.25) is 0 Å². The predicted octanol–water partition coefficient (Wildman–Crippen LogP) is 4.88. The zero-order chi connectivity index (χ0) is 23.8. The smallest absolute Gasteiger partial charge is 0.389 e. The highest BCUT2D eigenvalue weighted by molar-refractivity contribution is 7.40. The van der Waals surface area contributed by atoms with E-state index in [0.29, 0.717) is 24.2 Å². The van der Waals surface area contributed by atoms with Crippen molar-refractivity contribution in [3.05, 3.63) is 0 Å². The number of alkyl halides is 3. The second kappa shape index (κ2) is 17.0.